The maximum Gasteiger partial charge on any atom is 0.339 e. The number of anilines is 1. The summed E-state index contributed by atoms with van der Waals surface area (Å²) in [4.78, 5) is 19.1. The lowest BCUT2D eigenvalue weighted by Crippen LogP contribution is -2.34. The number of ether oxygens (including phenoxy) is 3. The van der Waals surface area contributed by atoms with Crippen LogP contribution in [0.1, 0.15) is 31.7 Å². The molecule has 43 heavy (non-hydrogen) atoms. The van der Waals surface area contributed by atoms with Gasteiger partial charge < -0.3 is 24.4 Å². The van der Waals surface area contributed by atoms with Gasteiger partial charge in [-0.05, 0) is 68.1 Å². The van der Waals surface area contributed by atoms with Crippen LogP contribution in [0.15, 0.2) is 78.0 Å². The van der Waals surface area contributed by atoms with Crippen molar-refractivity contribution in [1.82, 2.24) is 15.3 Å². The van der Waals surface area contributed by atoms with Crippen LogP contribution < -0.4 is 25.0 Å². The van der Waals surface area contributed by atoms with Crippen molar-refractivity contribution in [1.29, 1.82) is 0 Å². The van der Waals surface area contributed by atoms with Crippen LogP contribution in [-0.2, 0) is 0 Å². The van der Waals surface area contributed by atoms with Gasteiger partial charge in [-0.2, -0.15) is 5.10 Å². The summed E-state index contributed by atoms with van der Waals surface area (Å²) in [7, 11) is 1.58. The number of urea groups is 1. The third kappa shape index (κ3) is 8.20. The maximum atomic E-state index is 15.0. The third-order valence-corrected chi connectivity index (χ3v) is 7.33. The number of pyridine rings is 1. The van der Waals surface area contributed by atoms with Crippen molar-refractivity contribution in [2.45, 2.75) is 26.2 Å². The zero-order valence-corrected chi connectivity index (χ0v) is 24.4. The molecule has 0 atom stereocenters. The zero-order chi connectivity index (χ0) is 30.0. The van der Waals surface area contributed by atoms with Crippen LogP contribution >= 0.6 is 0 Å². The molecule has 0 bridgehead atoms. The van der Waals surface area contributed by atoms with Gasteiger partial charge in [0.15, 0.2) is 23.1 Å². The van der Waals surface area contributed by atoms with E-state index in [1.807, 2.05) is 36.4 Å². The number of fused-ring (bicyclic) bond motifs is 1. The fourth-order valence-corrected chi connectivity index (χ4v) is 4.89. The minimum absolute atomic E-state index is 0.00745. The van der Waals surface area contributed by atoms with E-state index in [1.54, 1.807) is 31.5 Å². The number of piperidine rings is 1. The van der Waals surface area contributed by atoms with Crippen LogP contribution in [-0.4, -0.2) is 55.5 Å². The molecule has 1 aliphatic rings. The molecule has 2 heterocycles. The molecule has 1 aliphatic heterocycles. The Morgan fingerprint density at radius 1 is 1.05 bits per heavy atom. The Morgan fingerprint density at radius 3 is 2.63 bits per heavy atom. The standard InChI is InChI=1S/C33H36FN5O4/c1-23-12-16-39(17-13-23)15-6-18-42-32-21-28-26(20-31(32)41-2)29(11-14-35-28)43-30-10-9-25(19-27(30)34)37-33(40)38-36-22-24-7-4-3-5-8-24/h3-5,7-11,14,19-23H,6,12-13,15-18H2,1-2H3,(H2,37,38,40)/b36-22+. The Bertz CT molecular complexity index is 1560. The van der Waals surface area contributed by atoms with Crippen molar-refractivity contribution in [3.8, 4) is 23.0 Å². The summed E-state index contributed by atoms with van der Waals surface area (Å²) in [5, 5.41) is 7.09. The number of hydrogen-bond acceptors (Lipinski definition) is 7. The number of aromatic nitrogens is 1. The summed E-state index contributed by atoms with van der Waals surface area (Å²) in [5.74, 6) is 1.70. The topological polar surface area (TPSA) is 97.3 Å². The molecular formula is C33H36FN5O4. The molecule has 3 aromatic carbocycles. The van der Waals surface area contributed by atoms with Crippen molar-refractivity contribution in [2.24, 2.45) is 11.0 Å². The monoisotopic (exact) mass is 585 g/mol. The smallest absolute Gasteiger partial charge is 0.339 e. The van der Waals surface area contributed by atoms with E-state index in [2.05, 4.69) is 32.7 Å². The van der Waals surface area contributed by atoms with Crippen LogP contribution in [0.5, 0.6) is 23.0 Å². The first kappa shape index (κ1) is 29.8. The van der Waals surface area contributed by atoms with Gasteiger partial charge in [0.25, 0.3) is 0 Å². The molecule has 2 N–H and O–H groups in total. The van der Waals surface area contributed by atoms with E-state index in [0.29, 0.717) is 34.8 Å². The van der Waals surface area contributed by atoms with Crippen molar-refractivity contribution < 1.29 is 23.4 Å². The van der Waals surface area contributed by atoms with Crippen molar-refractivity contribution in [2.75, 3.05) is 38.7 Å². The molecule has 10 heteroatoms. The summed E-state index contributed by atoms with van der Waals surface area (Å²) in [5.41, 5.74) is 4.06. The van der Waals surface area contributed by atoms with Gasteiger partial charge in [0.1, 0.15) is 5.75 Å². The second-order valence-corrected chi connectivity index (χ2v) is 10.5. The molecule has 1 aromatic heterocycles. The Morgan fingerprint density at radius 2 is 1.86 bits per heavy atom. The predicted molar refractivity (Wildman–Crippen MR) is 166 cm³/mol. The van der Waals surface area contributed by atoms with E-state index in [4.69, 9.17) is 14.2 Å². The minimum atomic E-state index is -0.648. The first-order chi connectivity index (χ1) is 21.0. The number of hydrazone groups is 1. The first-order valence-electron chi connectivity index (χ1n) is 14.4. The highest BCUT2D eigenvalue weighted by Crippen LogP contribution is 2.38. The Balaban J connectivity index is 1.20. The Kier molecular flexibility index (Phi) is 10.0. The van der Waals surface area contributed by atoms with E-state index < -0.39 is 11.8 Å². The summed E-state index contributed by atoms with van der Waals surface area (Å²) in [6.45, 7) is 6.17. The van der Waals surface area contributed by atoms with Gasteiger partial charge in [-0.25, -0.2) is 14.6 Å². The molecular weight excluding hydrogens is 549 g/mol. The molecule has 1 fully saturated rings. The Hall–Kier alpha value is -4.70. The number of carbonyl (C=O) groups is 1. The Labute approximate surface area is 250 Å². The number of amides is 2. The highest BCUT2D eigenvalue weighted by molar-refractivity contribution is 5.91. The fourth-order valence-electron chi connectivity index (χ4n) is 4.89. The number of nitrogens with one attached hydrogen (secondary N) is 2. The lowest BCUT2D eigenvalue weighted by Gasteiger charge is -2.30. The normalized spacial score (nSPS) is 14.1. The number of hydrogen-bond donors (Lipinski definition) is 2. The molecule has 0 radical (unpaired) electrons. The summed E-state index contributed by atoms with van der Waals surface area (Å²) in [6.07, 6.45) is 6.53. The minimum Gasteiger partial charge on any atom is -0.493 e. The van der Waals surface area contributed by atoms with Gasteiger partial charge in [0.05, 0.1) is 25.4 Å². The number of likely N-dealkylation sites (tertiary alicyclic amines) is 1. The molecule has 0 aliphatic carbocycles. The number of benzene rings is 3. The van der Waals surface area contributed by atoms with Crippen LogP contribution in [0, 0.1) is 11.7 Å². The number of methoxy groups -OCH3 is 1. The summed E-state index contributed by atoms with van der Waals surface area (Å²) >= 11 is 0. The van der Waals surface area contributed by atoms with Crippen molar-refractivity contribution in [3.63, 3.8) is 0 Å². The van der Waals surface area contributed by atoms with Crippen LogP contribution in [0.2, 0.25) is 0 Å². The maximum absolute atomic E-state index is 15.0. The van der Waals surface area contributed by atoms with Gasteiger partial charge in [-0.1, -0.05) is 37.3 Å². The highest BCUT2D eigenvalue weighted by Gasteiger charge is 2.16. The summed E-state index contributed by atoms with van der Waals surface area (Å²) in [6, 6.07) is 18.1. The molecule has 1 saturated heterocycles. The average molecular weight is 586 g/mol. The molecule has 9 nitrogen and oxygen atoms in total. The van der Waals surface area contributed by atoms with Gasteiger partial charge in [0.2, 0.25) is 0 Å². The van der Waals surface area contributed by atoms with E-state index >= 15 is 4.39 Å². The molecule has 5 rings (SSSR count). The van der Waals surface area contributed by atoms with E-state index in [-0.39, 0.29) is 11.4 Å². The van der Waals surface area contributed by atoms with Crippen molar-refractivity contribution >= 4 is 28.8 Å². The quantitative estimate of drug-likeness (QED) is 0.114. The van der Waals surface area contributed by atoms with Crippen LogP contribution in [0.4, 0.5) is 14.9 Å². The average Bonchev–Trinajstić information content (AvgIpc) is 3.01. The third-order valence-electron chi connectivity index (χ3n) is 7.33. The highest BCUT2D eigenvalue weighted by atomic mass is 19.1. The lowest BCUT2D eigenvalue weighted by atomic mass is 9.99. The second kappa shape index (κ2) is 14.5. The predicted octanol–water partition coefficient (Wildman–Crippen LogP) is 6.83. The van der Waals surface area contributed by atoms with E-state index in [9.17, 15) is 4.79 Å². The van der Waals surface area contributed by atoms with Gasteiger partial charge in [-0.3, -0.25) is 4.98 Å². The zero-order valence-electron chi connectivity index (χ0n) is 24.4. The van der Waals surface area contributed by atoms with E-state index in [1.165, 1.54) is 31.2 Å². The number of halogens is 1. The fraction of sp³-hybridized carbons (Fsp3) is 0.303. The molecule has 4 aromatic rings. The number of carbonyl (C=O) groups excluding carboxylic acids is 1. The van der Waals surface area contributed by atoms with Crippen LogP contribution in [0.3, 0.4) is 0 Å². The second-order valence-electron chi connectivity index (χ2n) is 10.5. The largest absolute Gasteiger partial charge is 0.493 e. The number of nitrogens with zero attached hydrogens (tertiary/aromatic N) is 3. The molecule has 224 valence electrons. The number of rotatable bonds is 11. The van der Waals surface area contributed by atoms with Gasteiger partial charge in [-0.15, -0.1) is 0 Å². The SMILES string of the molecule is COc1cc2c(Oc3ccc(NC(=O)N/N=C/c4ccccc4)cc3F)ccnc2cc1OCCCN1CCC(C)CC1. The molecule has 0 spiro atoms. The van der Waals surface area contributed by atoms with E-state index in [0.717, 1.165) is 37.5 Å². The first-order valence-corrected chi connectivity index (χ1v) is 14.4. The summed E-state index contributed by atoms with van der Waals surface area (Å²) < 4.78 is 32.6. The van der Waals surface area contributed by atoms with Crippen molar-refractivity contribution in [3.05, 3.63) is 84.3 Å². The lowest BCUT2D eigenvalue weighted by molar-refractivity contribution is 0.176. The van der Waals surface area contributed by atoms with Gasteiger partial charge in [0, 0.05) is 35.9 Å². The van der Waals surface area contributed by atoms with Crippen LogP contribution in [0.25, 0.3) is 10.9 Å². The molecule has 2 amide bonds. The molecule has 0 unspecified atom stereocenters. The van der Waals surface area contributed by atoms with Gasteiger partial charge >= 0.3 is 6.03 Å². The molecule has 0 saturated carbocycles.